The van der Waals surface area contributed by atoms with Gasteiger partial charge in [-0.3, -0.25) is 4.79 Å². The normalized spacial score (nSPS) is 30.4. The number of rotatable bonds is 2. The van der Waals surface area contributed by atoms with Crippen molar-refractivity contribution in [2.75, 3.05) is 18.5 Å². The molecule has 2 aliphatic heterocycles. The van der Waals surface area contributed by atoms with Crippen LogP contribution in [0.3, 0.4) is 0 Å². The van der Waals surface area contributed by atoms with Gasteiger partial charge in [0, 0.05) is 24.8 Å². The maximum absolute atomic E-state index is 12.9. The summed E-state index contributed by atoms with van der Waals surface area (Å²) in [4.78, 5) is 12.9. The van der Waals surface area contributed by atoms with E-state index in [1.807, 2.05) is 12.1 Å². The monoisotopic (exact) mass is 271 g/mol. The highest BCUT2D eigenvalue weighted by Crippen LogP contribution is 2.46. The minimum atomic E-state index is 0.0476. The fraction of sp³-hybridized carbons (Fsp3) is 0.588. The van der Waals surface area contributed by atoms with Crippen molar-refractivity contribution in [2.45, 2.75) is 43.6 Å². The van der Waals surface area contributed by atoms with E-state index in [9.17, 15) is 4.79 Å². The number of ketones is 1. The number of carbonyl (C=O) groups excluding carboxylic acids is 1. The van der Waals surface area contributed by atoms with Crippen LogP contribution in [0.4, 0.5) is 5.69 Å². The Labute approximate surface area is 119 Å². The van der Waals surface area contributed by atoms with Gasteiger partial charge in [0.2, 0.25) is 0 Å². The van der Waals surface area contributed by atoms with E-state index >= 15 is 0 Å². The smallest absolute Gasteiger partial charge is 0.145 e. The lowest BCUT2D eigenvalue weighted by molar-refractivity contribution is -0.156. The van der Waals surface area contributed by atoms with Crippen molar-refractivity contribution in [3.05, 3.63) is 29.8 Å². The second kappa shape index (κ2) is 4.59. The van der Waals surface area contributed by atoms with E-state index in [-0.39, 0.29) is 17.4 Å². The van der Waals surface area contributed by atoms with Crippen molar-refractivity contribution in [1.29, 1.82) is 0 Å². The van der Waals surface area contributed by atoms with Crippen molar-refractivity contribution >= 4 is 11.5 Å². The Morgan fingerprint density at radius 1 is 1.30 bits per heavy atom. The van der Waals surface area contributed by atoms with Gasteiger partial charge < -0.3 is 10.1 Å². The van der Waals surface area contributed by atoms with Crippen LogP contribution >= 0.6 is 0 Å². The van der Waals surface area contributed by atoms with Gasteiger partial charge in [0.1, 0.15) is 5.78 Å². The zero-order valence-electron chi connectivity index (χ0n) is 11.7. The van der Waals surface area contributed by atoms with Crippen LogP contribution in [0, 0.1) is 5.92 Å². The first-order valence-electron chi connectivity index (χ1n) is 7.78. The molecule has 20 heavy (non-hydrogen) atoms. The highest BCUT2D eigenvalue weighted by Gasteiger charge is 2.45. The first-order valence-corrected chi connectivity index (χ1v) is 7.78. The highest BCUT2D eigenvalue weighted by molar-refractivity contribution is 5.91. The zero-order valence-corrected chi connectivity index (χ0v) is 11.7. The molecular weight excluding hydrogens is 250 g/mol. The van der Waals surface area contributed by atoms with Gasteiger partial charge in [0.05, 0.1) is 11.5 Å². The van der Waals surface area contributed by atoms with Crippen LogP contribution in [0.5, 0.6) is 0 Å². The van der Waals surface area contributed by atoms with Gasteiger partial charge in [-0.15, -0.1) is 0 Å². The number of carbonyl (C=O) groups is 1. The SMILES string of the molecule is O=C(C1CCOC2(CCC2)C1)C1CNc2ccccc21. The summed E-state index contributed by atoms with van der Waals surface area (Å²) in [6.07, 6.45) is 5.41. The van der Waals surface area contributed by atoms with Gasteiger partial charge in [-0.25, -0.2) is 0 Å². The third-order valence-corrected chi connectivity index (χ3v) is 5.34. The topological polar surface area (TPSA) is 38.3 Å². The van der Waals surface area contributed by atoms with Crippen LogP contribution in [0.1, 0.15) is 43.6 Å². The minimum absolute atomic E-state index is 0.0476. The fourth-order valence-corrected chi connectivity index (χ4v) is 4.01. The molecule has 0 amide bonds. The number of Topliss-reactive ketones (excluding diaryl/α,β-unsaturated/α-hetero) is 1. The molecule has 1 saturated carbocycles. The lowest BCUT2D eigenvalue weighted by Gasteiger charge is -2.47. The molecule has 2 heterocycles. The van der Waals surface area contributed by atoms with E-state index in [2.05, 4.69) is 17.4 Å². The van der Waals surface area contributed by atoms with Crippen molar-refractivity contribution < 1.29 is 9.53 Å². The molecule has 1 spiro atoms. The summed E-state index contributed by atoms with van der Waals surface area (Å²) < 4.78 is 5.95. The number of ether oxygens (including phenoxy) is 1. The van der Waals surface area contributed by atoms with Crippen LogP contribution in [-0.4, -0.2) is 24.5 Å². The standard InChI is InChI=1S/C17H21NO2/c19-16(12-6-9-20-17(10-12)7-3-8-17)14-11-18-15-5-2-1-4-13(14)15/h1-2,4-5,12,14,18H,3,6-11H2. The van der Waals surface area contributed by atoms with Gasteiger partial charge in [-0.05, 0) is 43.7 Å². The first-order chi connectivity index (χ1) is 9.77. The zero-order chi connectivity index (χ0) is 13.6. The molecule has 1 aliphatic carbocycles. The third-order valence-electron chi connectivity index (χ3n) is 5.34. The average molecular weight is 271 g/mol. The van der Waals surface area contributed by atoms with Crippen LogP contribution in [0.15, 0.2) is 24.3 Å². The van der Waals surface area contributed by atoms with Crippen LogP contribution in [-0.2, 0) is 9.53 Å². The van der Waals surface area contributed by atoms with Crippen molar-refractivity contribution in [3.63, 3.8) is 0 Å². The lowest BCUT2D eigenvalue weighted by Crippen LogP contribution is -2.47. The molecule has 2 fully saturated rings. The second-order valence-electron chi connectivity index (χ2n) is 6.50. The molecule has 2 unspecified atom stereocenters. The highest BCUT2D eigenvalue weighted by atomic mass is 16.5. The molecule has 1 aromatic carbocycles. The molecule has 0 aromatic heterocycles. The van der Waals surface area contributed by atoms with Crippen molar-refractivity contribution in [1.82, 2.24) is 0 Å². The summed E-state index contributed by atoms with van der Waals surface area (Å²) in [5.41, 5.74) is 2.38. The molecule has 1 N–H and O–H groups in total. The molecule has 1 aromatic rings. The summed E-state index contributed by atoms with van der Waals surface area (Å²) in [5.74, 6) is 0.672. The Morgan fingerprint density at radius 3 is 2.95 bits per heavy atom. The van der Waals surface area contributed by atoms with Crippen molar-refractivity contribution in [2.24, 2.45) is 5.92 Å². The maximum atomic E-state index is 12.9. The van der Waals surface area contributed by atoms with E-state index in [1.165, 1.54) is 12.0 Å². The van der Waals surface area contributed by atoms with Gasteiger partial charge >= 0.3 is 0 Å². The molecule has 4 rings (SSSR count). The largest absolute Gasteiger partial charge is 0.384 e. The fourth-order valence-electron chi connectivity index (χ4n) is 4.01. The number of fused-ring (bicyclic) bond motifs is 1. The van der Waals surface area contributed by atoms with Gasteiger partial charge in [-0.2, -0.15) is 0 Å². The summed E-state index contributed by atoms with van der Waals surface area (Å²) in [5, 5.41) is 3.37. The number of benzene rings is 1. The molecular formula is C17H21NO2. The van der Waals surface area contributed by atoms with Gasteiger partial charge in [0.25, 0.3) is 0 Å². The quantitative estimate of drug-likeness (QED) is 0.898. The van der Waals surface area contributed by atoms with Crippen LogP contribution in [0.25, 0.3) is 0 Å². The van der Waals surface area contributed by atoms with Gasteiger partial charge in [0.15, 0.2) is 0 Å². The molecule has 3 aliphatic rings. The Kier molecular flexibility index (Phi) is 2.84. The van der Waals surface area contributed by atoms with E-state index < -0.39 is 0 Å². The Bertz CT molecular complexity index is 536. The molecule has 3 nitrogen and oxygen atoms in total. The number of para-hydroxylation sites is 1. The molecule has 0 radical (unpaired) electrons. The average Bonchev–Trinajstić information content (AvgIpc) is 2.89. The molecule has 106 valence electrons. The maximum Gasteiger partial charge on any atom is 0.145 e. The first kappa shape index (κ1) is 12.4. The third kappa shape index (κ3) is 1.87. The van der Waals surface area contributed by atoms with Gasteiger partial charge in [-0.1, -0.05) is 18.2 Å². The van der Waals surface area contributed by atoms with E-state index in [1.54, 1.807) is 0 Å². The molecule has 2 atom stereocenters. The number of nitrogens with one attached hydrogen (secondary N) is 1. The lowest BCUT2D eigenvalue weighted by atomic mass is 9.69. The molecule has 1 saturated heterocycles. The van der Waals surface area contributed by atoms with Crippen LogP contribution < -0.4 is 5.32 Å². The number of anilines is 1. The summed E-state index contributed by atoms with van der Waals surface area (Å²) in [7, 11) is 0. The van der Waals surface area contributed by atoms with E-state index in [4.69, 9.17) is 4.74 Å². The predicted molar refractivity (Wildman–Crippen MR) is 77.9 cm³/mol. The minimum Gasteiger partial charge on any atom is -0.384 e. The van der Waals surface area contributed by atoms with E-state index in [0.29, 0.717) is 5.78 Å². The number of hydrogen-bond donors (Lipinski definition) is 1. The summed E-state index contributed by atoms with van der Waals surface area (Å²) in [6.45, 7) is 1.53. The Morgan fingerprint density at radius 2 is 2.15 bits per heavy atom. The predicted octanol–water partition coefficient (Wildman–Crippen LogP) is 3.11. The van der Waals surface area contributed by atoms with E-state index in [0.717, 1.165) is 44.5 Å². The summed E-state index contributed by atoms with van der Waals surface area (Å²) in [6, 6.07) is 8.22. The molecule has 3 heteroatoms. The molecule has 0 bridgehead atoms. The number of hydrogen-bond acceptors (Lipinski definition) is 3. The van der Waals surface area contributed by atoms with Crippen LogP contribution in [0.2, 0.25) is 0 Å². The Balaban J connectivity index is 1.53. The van der Waals surface area contributed by atoms with Crippen molar-refractivity contribution in [3.8, 4) is 0 Å². The Hall–Kier alpha value is -1.35. The second-order valence-corrected chi connectivity index (χ2v) is 6.50. The summed E-state index contributed by atoms with van der Waals surface area (Å²) >= 11 is 0.